The van der Waals surface area contributed by atoms with E-state index in [1.54, 1.807) is 4.90 Å². The standard InChI is InChI=1S/C10H16N2O3/c13-9(7-6-8(7)10(14)15)12-4-1-2-11-3-5-12/h7-8,11H,1-6H2,(H,14,15)/t7-,8+/m0/s1. The first kappa shape index (κ1) is 10.4. The van der Waals surface area contributed by atoms with E-state index < -0.39 is 11.9 Å². The van der Waals surface area contributed by atoms with Crippen molar-refractivity contribution in [1.29, 1.82) is 0 Å². The maximum absolute atomic E-state index is 11.9. The average Bonchev–Trinajstić information content (AvgIpc) is 3.02. The number of aliphatic carboxylic acids is 1. The van der Waals surface area contributed by atoms with Crippen LogP contribution in [0.2, 0.25) is 0 Å². The number of nitrogens with zero attached hydrogens (tertiary/aromatic N) is 1. The molecule has 1 heterocycles. The van der Waals surface area contributed by atoms with Gasteiger partial charge >= 0.3 is 5.97 Å². The highest BCUT2D eigenvalue weighted by atomic mass is 16.4. The monoisotopic (exact) mass is 212 g/mol. The van der Waals surface area contributed by atoms with Crippen LogP contribution in [-0.4, -0.2) is 48.1 Å². The van der Waals surface area contributed by atoms with Gasteiger partial charge in [-0.15, -0.1) is 0 Å². The number of rotatable bonds is 2. The summed E-state index contributed by atoms with van der Waals surface area (Å²) < 4.78 is 0. The smallest absolute Gasteiger partial charge is 0.307 e. The second kappa shape index (κ2) is 4.18. The molecular weight excluding hydrogens is 196 g/mol. The van der Waals surface area contributed by atoms with Gasteiger partial charge in [-0.3, -0.25) is 9.59 Å². The number of carboxylic acids is 1. The lowest BCUT2D eigenvalue weighted by molar-refractivity contribution is -0.141. The Morgan fingerprint density at radius 3 is 2.67 bits per heavy atom. The summed E-state index contributed by atoms with van der Waals surface area (Å²) in [5, 5.41) is 12.0. The van der Waals surface area contributed by atoms with E-state index in [1.165, 1.54) is 0 Å². The van der Waals surface area contributed by atoms with E-state index in [9.17, 15) is 9.59 Å². The van der Waals surface area contributed by atoms with Crippen molar-refractivity contribution < 1.29 is 14.7 Å². The average molecular weight is 212 g/mol. The Labute approximate surface area is 88.4 Å². The molecular formula is C10H16N2O3. The molecule has 5 heteroatoms. The lowest BCUT2D eigenvalue weighted by Gasteiger charge is -2.19. The first-order valence-electron chi connectivity index (χ1n) is 5.42. The van der Waals surface area contributed by atoms with Crippen LogP contribution in [0.25, 0.3) is 0 Å². The zero-order valence-corrected chi connectivity index (χ0v) is 8.61. The van der Waals surface area contributed by atoms with Crippen molar-refractivity contribution in [3.05, 3.63) is 0 Å². The lowest BCUT2D eigenvalue weighted by atomic mass is 10.2. The van der Waals surface area contributed by atoms with Crippen LogP contribution in [0.15, 0.2) is 0 Å². The van der Waals surface area contributed by atoms with E-state index in [0.29, 0.717) is 13.0 Å². The highest BCUT2D eigenvalue weighted by Gasteiger charge is 2.49. The summed E-state index contributed by atoms with van der Waals surface area (Å²) in [7, 11) is 0. The first-order valence-corrected chi connectivity index (χ1v) is 5.42. The van der Waals surface area contributed by atoms with Crippen LogP contribution in [0, 0.1) is 11.8 Å². The van der Waals surface area contributed by atoms with Gasteiger partial charge in [0.2, 0.25) is 5.91 Å². The van der Waals surface area contributed by atoms with Gasteiger partial charge in [-0.2, -0.15) is 0 Å². The molecule has 0 aromatic heterocycles. The fraction of sp³-hybridized carbons (Fsp3) is 0.800. The van der Waals surface area contributed by atoms with E-state index in [4.69, 9.17) is 5.11 Å². The van der Waals surface area contributed by atoms with Crippen LogP contribution in [-0.2, 0) is 9.59 Å². The minimum absolute atomic E-state index is 0.0334. The lowest BCUT2D eigenvalue weighted by Crippen LogP contribution is -2.35. The van der Waals surface area contributed by atoms with Gasteiger partial charge in [0.25, 0.3) is 0 Å². The van der Waals surface area contributed by atoms with Crippen LogP contribution in [0.5, 0.6) is 0 Å². The van der Waals surface area contributed by atoms with Gasteiger partial charge in [0.15, 0.2) is 0 Å². The van der Waals surface area contributed by atoms with Crippen LogP contribution < -0.4 is 5.32 Å². The third-order valence-corrected chi connectivity index (χ3v) is 3.08. The fourth-order valence-corrected chi connectivity index (χ4v) is 2.04. The minimum atomic E-state index is -0.832. The largest absolute Gasteiger partial charge is 0.481 e. The second-order valence-electron chi connectivity index (χ2n) is 4.22. The SMILES string of the molecule is O=C(O)[C@@H]1C[C@@H]1C(=O)N1CCCNCC1. The number of carbonyl (C=O) groups is 2. The number of nitrogens with one attached hydrogen (secondary N) is 1. The van der Waals surface area contributed by atoms with E-state index in [1.807, 2.05) is 0 Å². The zero-order chi connectivity index (χ0) is 10.8. The molecule has 1 amide bonds. The third-order valence-electron chi connectivity index (χ3n) is 3.08. The molecule has 2 atom stereocenters. The number of carboxylic acid groups (broad SMARTS) is 1. The Morgan fingerprint density at radius 1 is 1.20 bits per heavy atom. The molecule has 1 saturated heterocycles. The van der Waals surface area contributed by atoms with Crippen LogP contribution in [0.1, 0.15) is 12.8 Å². The summed E-state index contributed by atoms with van der Waals surface area (Å²) >= 11 is 0. The molecule has 84 valence electrons. The number of amides is 1. The van der Waals surface area contributed by atoms with Crippen molar-refractivity contribution in [1.82, 2.24) is 10.2 Å². The Hall–Kier alpha value is -1.10. The van der Waals surface area contributed by atoms with Crippen LogP contribution >= 0.6 is 0 Å². The molecule has 0 radical (unpaired) electrons. The highest BCUT2D eigenvalue weighted by Crippen LogP contribution is 2.40. The Balaban J connectivity index is 1.88. The molecule has 0 aromatic rings. The summed E-state index contributed by atoms with van der Waals surface area (Å²) in [4.78, 5) is 24.3. The van der Waals surface area contributed by atoms with Crippen molar-refractivity contribution in [2.45, 2.75) is 12.8 Å². The molecule has 0 aromatic carbocycles. The summed E-state index contributed by atoms with van der Waals surface area (Å²) in [5.74, 6) is -1.47. The molecule has 0 bridgehead atoms. The summed E-state index contributed by atoms with van der Waals surface area (Å²) in [5.41, 5.74) is 0. The van der Waals surface area contributed by atoms with Crippen molar-refractivity contribution in [2.24, 2.45) is 11.8 Å². The van der Waals surface area contributed by atoms with Gasteiger partial charge < -0.3 is 15.3 Å². The molecule has 2 N–H and O–H groups in total. The van der Waals surface area contributed by atoms with Gasteiger partial charge in [-0.1, -0.05) is 0 Å². The normalized spacial score (nSPS) is 30.8. The van der Waals surface area contributed by atoms with Crippen molar-refractivity contribution in [3.63, 3.8) is 0 Å². The third kappa shape index (κ3) is 2.28. The zero-order valence-electron chi connectivity index (χ0n) is 8.61. The van der Waals surface area contributed by atoms with Crippen molar-refractivity contribution in [3.8, 4) is 0 Å². The summed E-state index contributed by atoms with van der Waals surface area (Å²) in [6, 6.07) is 0. The van der Waals surface area contributed by atoms with E-state index in [0.717, 1.165) is 26.1 Å². The molecule has 2 aliphatic rings. The predicted molar refractivity (Wildman–Crippen MR) is 53.3 cm³/mol. The molecule has 0 spiro atoms. The van der Waals surface area contributed by atoms with Gasteiger partial charge in [0.05, 0.1) is 11.8 Å². The highest BCUT2D eigenvalue weighted by molar-refractivity contribution is 5.89. The Bertz CT molecular complexity index is 272. The van der Waals surface area contributed by atoms with Crippen LogP contribution in [0.3, 0.4) is 0 Å². The van der Waals surface area contributed by atoms with Gasteiger partial charge in [0, 0.05) is 19.6 Å². The van der Waals surface area contributed by atoms with E-state index in [-0.39, 0.29) is 11.8 Å². The topological polar surface area (TPSA) is 69.6 Å². The Kier molecular flexibility index (Phi) is 2.90. The van der Waals surface area contributed by atoms with Gasteiger partial charge in [0.1, 0.15) is 0 Å². The molecule has 5 nitrogen and oxygen atoms in total. The molecule has 15 heavy (non-hydrogen) atoms. The first-order chi connectivity index (χ1) is 7.20. The Morgan fingerprint density at radius 2 is 2.00 bits per heavy atom. The molecule has 2 rings (SSSR count). The minimum Gasteiger partial charge on any atom is -0.481 e. The maximum Gasteiger partial charge on any atom is 0.307 e. The number of carbonyl (C=O) groups excluding carboxylic acids is 1. The molecule has 1 saturated carbocycles. The summed E-state index contributed by atoms with van der Waals surface area (Å²) in [6.45, 7) is 3.23. The van der Waals surface area contributed by atoms with Crippen molar-refractivity contribution >= 4 is 11.9 Å². The van der Waals surface area contributed by atoms with Crippen LogP contribution in [0.4, 0.5) is 0 Å². The maximum atomic E-state index is 11.9. The fourth-order valence-electron chi connectivity index (χ4n) is 2.04. The molecule has 1 aliphatic carbocycles. The predicted octanol–water partition coefficient (Wildman–Crippen LogP) is -0.471. The van der Waals surface area contributed by atoms with Gasteiger partial charge in [-0.25, -0.2) is 0 Å². The second-order valence-corrected chi connectivity index (χ2v) is 4.22. The number of hydrogen-bond donors (Lipinski definition) is 2. The van der Waals surface area contributed by atoms with E-state index in [2.05, 4.69) is 5.32 Å². The summed E-state index contributed by atoms with van der Waals surface area (Å²) in [6.07, 6.45) is 1.48. The molecule has 0 unspecified atom stereocenters. The van der Waals surface area contributed by atoms with Gasteiger partial charge in [-0.05, 0) is 19.4 Å². The quantitative estimate of drug-likeness (QED) is 0.649. The number of hydrogen-bond acceptors (Lipinski definition) is 3. The van der Waals surface area contributed by atoms with E-state index >= 15 is 0 Å². The molecule has 2 fully saturated rings. The molecule has 1 aliphatic heterocycles. The van der Waals surface area contributed by atoms with Crippen molar-refractivity contribution in [2.75, 3.05) is 26.2 Å².